The molecule has 0 saturated heterocycles. The summed E-state index contributed by atoms with van der Waals surface area (Å²) in [6, 6.07) is 18.9. The molecule has 0 atom stereocenters. The van der Waals surface area contributed by atoms with Crippen LogP contribution in [0.4, 0.5) is 10.5 Å². The van der Waals surface area contributed by atoms with Gasteiger partial charge in [0, 0.05) is 17.7 Å². The molecule has 6 heteroatoms. The predicted octanol–water partition coefficient (Wildman–Crippen LogP) is 4.63. The lowest BCUT2D eigenvalue weighted by atomic mass is 9.97. The first-order chi connectivity index (χ1) is 14.1. The van der Waals surface area contributed by atoms with E-state index in [0.717, 1.165) is 29.5 Å². The van der Waals surface area contributed by atoms with E-state index in [9.17, 15) is 14.7 Å². The second-order valence-electron chi connectivity index (χ2n) is 6.83. The van der Waals surface area contributed by atoms with E-state index in [1.165, 1.54) is 12.0 Å². The third kappa shape index (κ3) is 3.57. The molecule has 0 unspecified atom stereocenters. The van der Waals surface area contributed by atoms with Crippen molar-refractivity contribution < 1.29 is 19.4 Å². The molecule has 2 heterocycles. The summed E-state index contributed by atoms with van der Waals surface area (Å²) in [5.41, 5.74) is 4.79. The molecular weight excluding hydrogens is 368 g/mol. The highest BCUT2D eigenvalue weighted by Gasteiger charge is 2.23. The molecule has 1 aliphatic heterocycles. The summed E-state index contributed by atoms with van der Waals surface area (Å²) in [6.07, 6.45) is 0.674. The lowest BCUT2D eigenvalue weighted by molar-refractivity contribution is 0.0595. The van der Waals surface area contributed by atoms with Crippen LogP contribution >= 0.6 is 0 Å². The molecule has 0 bridgehead atoms. The average Bonchev–Trinajstić information content (AvgIpc) is 2.77. The average molecular weight is 388 g/mol. The summed E-state index contributed by atoms with van der Waals surface area (Å²) < 4.78 is 4.94. The van der Waals surface area contributed by atoms with E-state index < -0.39 is 12.1 Å². The largest absolute Gasteiger partial charge is 0.465 e. The van der Waals surface area contributed by atoms with Crippen molar-refractivity contribution in [1.29, 1.82) is 0 Å². The first-order valence-electron chi connectivity index (χ1n) is 9.37. The number of aryl methyl sites for hydroxylation is 1. The van der Waals surface area contributed by atoms with Crippen LogP contribution < -0.4 is 4.90 Å². The topological polar surface area (TPSA) is 79.7 Å². The minimum Gasteiger partial charge on any atom is -0.465 e. The van der Waals surface area contributed by atoms with Crippen molar-refractivity contribution in [2.75, 3.05) is 18.6 Å². The molecule has 1 aliphatic rings. The molecule has 0 fully saturated rings. The number of anilines is 1. The van der Waals surface area contributed by atoms with Gasteiger partial charge in [-0.1, -0.05) is 42.5 Å². The molecule has 1 aromatic heterocycles. The molecule has 0 saturated carbocycles. The second-order valence-corrected chi connectivity index (χ2v) is 6.83. The van der Waals surface area contributed by atoms with Gasteiger partial charge in [0.2, 0.25) is 0 Å². The summed E-state index contributed by atoms with van der Waals surface area (Å²) in [4.78, 5) is 29.9. The maximum Gasteiger partial charge on any atom is 0.411 e. The molecule has 0 radical (unpaired) electrons. The van der Waals surface area contributed by atoms with Gasteiger partial charge in [-0.15, -0.1) is 0 Å². The van der Waals surface area contributed by atoms with Crippen LogP contribution in [0.1, 0.15) is 22.5 Å². The summed E-state index contributed by atoms with van der Waals surface area (Å²) in [5.74, 6) is -0.518. The second kappa shape index (κ2) is 7.75. The highest BCUT2D eigenvalue weighted by molar-refractivity contribution is 5.96. The van der Waals surface area contributed by atoms with Crippen molar-refractivity contribution >= 4 is 17.7 Å². The Kier molecular flexibility index (Phi) is 4.99. The standard InChI is InChI=1S/C23H20N2O4/c1-29-22(26)21-18(15-6-3-2-4-7-15)11-12-19(24-21)17-10-9-16-8-5-13-25(23(27)28)20(16)14-17/h2-4,6-7,9-12,14H,5,8,13H2,1H3,(H,27,28). The van der Waals surface area contributed by atoms with Crippen LogP contribution in [0.2, 0.25) is 0 Å². The van der Waals surface area contributed by atoms with Crippen LogP contribution in [-0.4, -0.2) is 35.8 Å². The summed E-state index contributed by atoms with van der Waals surface area (Å²) in [7, 11) is 1.33. The van der Waals surface area contributed by atoms with Gasteiger partial charge in [0.25, 0.3) is 0 Å². The first kappa shape index (κ1) is 18.7. The van der Waals surface area contributed by atoms with E-state index in [1.807, 2.05) is 60.7 Å². The van der Waals surface area contributed by atoms with Crippen molar-refractivity contribution in [3.63, 3.8) is 0 Å². The number of benzene rings is 2. The van der Waals surface area contributed by atoms with Crippen LogP contribution in [0.25, 0.3) is 22.4 Å². The van der Waals surface area contributed by atoms with Gasteiger partial charge in [-0.25, -0.2) is 14.6 Å². The number of hydrogen-bond donors (Lipinski definition) is 1. The normalized spacial score (nSPS) is 12.9. The smallest absolute Gasteiger partial charge is 0.411 e. The zero-order valence-corrected chi connectivity index (χ0v) is 16.0. The minimum atomic E-state index is -0.967. The maximum atomic E-state index is 12.4. The minimum absolute atomic E-state index is 0.226. The van der Waals surface area contributed by atoms with Crippen molar-refractivity contribution in [1.82, 2.24) is 4.98 Å². The van der Waals surface area contributed by atoms with Crippen LogP contribution in [0.15, 0.2) is 60.7 Å². The quantitative estimate of drug-likeness (QED) is 0.662. The molecule has 1 amide bonds. The zero-order chi connectivity index (χ0) is 20.4. The number of carbonyl (C=O) groups is 2. The van der Waals surface area contributed by atoms with Gasteiger partial charge < -0.3 is 9.84 Å². The molecule has 4 rings (SSSR count). The Balaban J connectivity index is 1.81. The van der Waals surface area contributed by atoms with Crippen LogP contribution in [0.5, 0.6) is 0 Å². The molecule has 146 valence electrons. The highest BCUT2D eigenvalue weighted by Crippen LogP contribution is 2.33. The van der Waals surface area contributed by atoms with Gasteiger partial charge in [0.1, 0.15) is 0 Å². The fourth-order valence-corrected chi connectivity index (χ4v) is 3.66. The molecule has 6 nitrogen and oxygen atoms in total. The van der Waals surface area contributed by atoms with Crippen molar-refractivity contribution in [2.45, 2.75) is 12.8 Å². The number of aromatic nitrogens is 1. The lowest BCUT2D eigenvalue weighted by Gasteiger charge is -2.27. The van der Waals surface area contributed by atoms with Gasteiger partial charge in [-0.3, -0.25) is 4.90 Å². The van der Waals surface area contributed by atoms with Gasteiger partial charge in [-0.05, 0) is 42.2 Å². The maximum absolute atomic E-state index is 12.4. The number of pyridine rings is 1. The number of fused-ring (bicyclic) bond motifs is 1. The van der Waals surface area contributed by atoms with Crippen molar-refractivity contribution in [3.05, 3.63) is 71.9 Å². The number of methoxy groups -OCH3 is 1. The Morgan fingerprint density at radius 2 is 1.83 bits per heavy atom. The highest BCUT2D eigenvalue weighted by atomic mass is 16.5. The predicted molar refractivity (Wildman–Crippen MR) is 110 cm³/mol. The van der Waals surface area contributed by atoms with Gasteiger partial charge >= 0.3 is 12.1 Å². The Morgan fingerprint density at radius 3 is 2.55 bits per heavy atom. The number of esters is 1. The summed E-state index contributed by atoms with van der Waals surface area (Å²) >= 11 is 0. The lowest BCUT2D eigenvalue weighted by Crippen LogP contribution is -2.34. The zero-order valence-electron chi connectivity index (χ0n) is 16.0. The Hall–Kier alpha value is -3.67. The Morgan fingerprint density at radius 1 is 1.03 bits per heavy atom. The number of hydrogen-bond acceptors (Lipinski definition) is 4. The molecule has 3 aromatic rings. The number of amides is 1. The first-order valence-corrected chi connectivity index (χ1v) is 9.37. The van der Waals surface area contributed by atoms with Crippen LogP contribution in [0.3, 0.4) is 0 Å². The summed E-state index contributed by atoms with van der Waals surface area (Å²) in [6.45, 7) is 0.472. The van der Waals surface area contributed by atoms with Crippen molar-refractivity contribution in [2.24, 2.45) is 0 Å². The van der Waals surface area contributed by atoms with Crippen LogP contribution in [0, 0.1) is 0 Å². The fourth-order valence-electron chi connectivity index (χ4n) is 3.66. The Labute approximate surface area is 168 Å². The number of ether oxygens (including phenoxy) is 1. The van der Waals surface area contributed by atoms with E-state index in [0.29, 0.717) is 23.5 Å². The summed E-state index contributed by atoms with van der Waals surface area (Å²) in [5, 5.41) is 9.51. The number of rotatable bonds is 3. The van der Waals surface area contributed by atoms with Gasteiger partial charge in [-0.2, -0.15) is 0 Å². The van der Waals surface area contributed by atoms with Crippen molar-refractivity contribution in [3.8, 4) is 22.4 Å². The molecule has 2 aromatic carbocycles. The molecule has 0 spiro atoms. The monoisotopic (exact) mass is 388 g/mol. The fraction of sp³-hybridized carbons (Fsp3) is 0.174. The van der Waals surface area contributed by atoms with E-state index in [4.69, 9.17) is 4.74 Å². The SMILES string of the molecule is COC(=O)c1nc(-c2ccc3c(c2)N(C(=O)O)CCC3)ccc1-c1ccccc1. The van der Waals surface area contributed by atoms with Crippen LogP contribution in [-0.2, 0) is 11.2 Å². The number of carbonyl (C=O) groups excluding carboxylic acids is 1. The third-order valence-corrected chi connectivity index (χ3v) is 5.09. The Bertz CT molecular complexity index is 1080. The molecule has 0 aliphatic carbocycles. The van der Waals surface area contributed by atoms with Gasteiger partial charge in [0.05, 0.1) is 18.5 Å². The third-order valence-electron chi connectivity index (χ3n) is 5.09. The van der Waals surface area contributed by atoms with E-state index in [1.54, 1.807) is 0 Å². The van der Waals surface area contributed by atoms with Gasteiger partial charge in [0.15, 0.2) is 5.69 Å². The van der Waals surface area contributed by atoms with E-state index in [-0.39, 0.29) is 5.69 Å². The van der Waals surface area contributed by atoms with E-state index in [2.05, 4.69) is 4.98 Å². The number of carboxylic acid groups (broad SMARTS) is 1. The molecule has 29 heavy (non-hydrogen) atoms. The molecular formula is C23H20N2O4. The van der Waals surface area contributed by atoms with E-state index >= 15 is 0 Å². The molecule has 1 N–H and O–H groups in total. The number of nitrogens with zero attached hydrogens (tertiary/aromatic N) is 2.